The molecule has 7 nitrogen and oxygen atoms in total. The van der Waals surface area contributed by atoms with Crippen molar-refractivity contribution in [2.75, 3.05) is 13.1 Å². The van der Waals surface area contributed by atoms with Crippen LogP contribution in [0, 0.1) is 11.3 Å². The van der Waals surface area contributed by atoms with Gasteiger partial charge in [0.05, 0.1) is 6.07 Å². The quantitative estimate of drug-likeness (QED) is 0.626. The van der Waals surface area contributed by atoms with Gasteiger partial charge in [-0.25, -0.2) is 0 Å². The van der Waals surface area contributed by atoms with Crippen LogP contribution in [-0.2, 0) is 9.59 Å². The van der Waals surface area contributed by atoms with Crippen molar-refractivity contribution in [3.05, 3.63) is 24.3 Å². The third-order valence-corrected chi connectivity index (χ3v) is 2.50. The summed E-state index contributed by atoms with van der Waals surface area (Å²) in [5.41, 5.74) is 0. The molecular formula is C14H17N3O4. The standard InChI is InChI=1S/C14H17N3O4/c1-10(21-12-4-2-11(18)3-5-12)14(20)17-9-8-16-13(19)6-7-15/h2-5,10,18H,6,8-9H2,1H3,(H,16,19)(H,17,20). The number of nitrogens with one attached hydrogen (secondary N) is 2. The molecule has 1 atom stereocenters. The first-order valence-corrected chi connectivity index (χ1v) is 6.40. The lowest BCUT2D eigenvalue weighted by Gasteiger charge is -2.14. The van der Waals surface area contributed by atoms with Gasteiger partial charge in [-0.3, -0.25) is 9.59 Å². The van der Waals surface area contributed by atoms with E-state index in [4.69, 9.17) is 15.1 Å². The lowest BCUT2D eigenvalue weighted by Crippen LogP contribution is -2.40. The van der Waals surface area contributed by atoms with Crippen LogP contribution in [0.2, 0.25) is 0 Å². The Morgan fingerprint density at radius 2 is 1.90 bits per heavy atom. The van der Waals surface area contributed by atoms with Crippen LogP contribution < -0.4 is 15.4 Å². The number of hydrogen-bond acceptors (Lipinski definition) is 5. The second-order valence-electron chi connectivity index (χ2n) is 4.23. The van der Waals surface area contributed by atoms with Gasteiger partial charge in [-0.05, 0) is 31.2 Å². The van der Waals surface area contributed by atoms with Crippen LogP contribution in [0.25, 0.3) is 0 Å². The Morgan fingerprint density at radius 1 is 1.29 bits per heavy atom. The summed E-state index contributed by atoms with van der Waals surface area (Å²) in [5.74, 6) is -0.108. The van der Waals surface area contributed by atoms with Gasteiger partial charge in [0.1, 0.15) is 17.9 Å². The first kappa shape index (κ1) is 16.3. The van der Waals surface area contributed by atoms with Crippen molar-refractivity contribution < 1.29 is 19.4 Å². The summed E-state index contributed by atoms with van der Waals surface area (Å²) < 4.78 is 5.39. The second kappa shape index (κ2) is 8.43. The Hall–Kier alpha value is -2.75. The zero-order chi connectivity index (χ0) is 15.7. The van der Waals surface area contributed by atoms with Gasteiger partial charge < -0.3 is 20.5 Å². The molecule has 3 N–H and O–H groups in total. The molecule has 0 aromatic heterocycles. The summed E-state index contributed by atoms with van der Waals surface area (Å²) in [6, 6.07) is 7.77. The molecule has 2 amide bonds. The summed E-state index contributed by atoms with van der Waals surface area (Å²) in [5, 5.41) is 22.5. The van der Waals surface area contributed by atoms with Gasteiger partial charge in [0, 0.05) is 13.1 Å². The summed E-state index contributed by atoms with van der Waals surface area (Å²) in [4.78, 5) is 22.7. The number of nitrogens with zero attached hydrogens (tertiary/aromatic N) is 1. The van der Waals surface area contributed by atoms with Crippen LogP contribution in [0.4, 0.5) is 0 Å². The fourth-order valence-corrected chi connectivity index (χ4v) is 1.45. The van der Waals surface area contributed by atoms with E-state index in [9.17, 15) is 9.59 Å². The van der Waals surface area contributed by atoms with Gasteiger partial charge >= 0.3 is 0 Å². The molecule has 0 aliphatic carbocycles. The monoisotopic (exact) mass is 291 g/mol. The number of carbonyl (C=O) groups is 2. The number of amides is 2. The topological polar surface area (TPSA) is 111 Å². The Kier molecular flexibility index (Phi) is 6.54. The average molecular weight is 291 g/mol. The van der Waals surface area contributed by atoms with Crippen LogP contribution in [-0.4, -0.2) is 36.1 Å². The molecule has 0 aliphatic rings. The molecule has 1 rings (SSSR count). The largest absolute Gasteiger partial charge is 0.508 e. The van der Waals surface area contributed by atoms with Crippen molar-refractivity contribution in [3.63, 3.8) is 0 Å². The zero-order valence-corrected chi connectivity index (χ0v) is 11.6. The zero-order valence-electron chi connectivity index (χ0n) is 11.6. The normalized spacial score (nSPS) is 11.0. The molecule has 1 aromatic carbocycles. The van der Waals surface area contributed by atoms with E-state index in [1.54, 1.807) is 25.1 Å². The second-order valence-corrected chi connectivity index (χ2v) is 4.23. The van der Waals surface area contributed by atoms with E-state index in [-0.39, 0.29) is 37.1 Å². The summed E-state index contributed by atoms with van der Waals surface area (Å²) in [6.45, 7) is 2.09. The van der Waals surface area contributed by atoms with Gasteiger partial charge in [0.25, 0.3) is 5.91 Å². The maximum absolute atomic E-state index is 11.7. The number of carbonyl (C=O) groups excluding carboxylic acids is 2. The Morgan fingerprint density at radius 3 is 2.52 bits per heavy atom. The molecule has 112 valence electrons. The van der Waals surface area contributed by atoms with Crippen LogP contribution >= 0.6 is 0 Å². The van der Waals surface area contributed by atoms with Crippen LogP contribution in [0.3, 0.4) is 0 Å². The Labute approximate surface area is 122 Å². The molecule has 0 aliphatic heterocycles. The van der Waals surface area contributed by atoms with Gasteiger partial charge in [0.15, 0.2) is 6.10 Å². The molecule has 0 saturated heterocycles. The summed E-state index contributed by atoms with van der Waals surface area (Å²) >= 11 is 0. The van der Waals surface area contributed by atoms with Gasteiger partial charge in [-0.2, -0.15) is 5.26 Å². The summed E-state index contributed by atoms with van der Waals surface area (Å²) in [7, 11) is 0. The van der Waals surface area contributed by atoms with Crippen molar-refractivity contribution in [3.8, 4) is 17.6 Å². The maximum atomic E-state index is 11.7. The molecular weight excluding hydrogens is 274 g/mol. The lowest BCUT2D eigenvalue weighted by molar-refractivity contribution is -0.127. The number of phenols is 1. The van der Waals surface area contributed by atoms with Crippen molar-refractivity contribution in [2.45, 2.75) is 19.4 Å². The maximum Gasteiger partial charge on any atom is 0.260 e. The van der Waals surface area contributed by atoms with E-state index >= 15 is 0 Å². The third-order valence-electron chi connectivity index (χ3n) is 2.50. The number of aromatic hydroxyl groups is 1. The molecule has 0 fully saturated rings. The molecule has 0 spiro atoms. The van der Waals surface area contributed by atoms with E-state index in [1.165, 1.54) is 12.1 Å². The highest BCUT2D eigenvalue weighted by Crippen LogP contribution is 2.17. The SMILES string of the molecule is CC(Oc1ccc(O)cc1)C(=O)NCCNC(=O)CC#N. The predicted octanol–water partition coefficient (Wildman–Crippen LogP) is 0.306. The Bertz CT molecular complexity index is 522. The lowest BCUT2D eigenvalue weighted by atomic mass is 10.3. The Balaban J connectivity index is 2.27. The van der Waals surface area contributed by atoms with E-state index in [1.807, 2.05) is 0 Å². The molecule has 0 saturated carbocycles. The highest BCUT2D eigenvalue weighted by Gasteiger charge is 2.13. The van der Waals surface area contributed by atoms with E-state index in [2.05, 4.69) is 10.6 Å². The molecule has 21 heavy (non-hydrogen) atoms. The fraction of sp³-hybridized carbons (Fsp3) is 0.357. The third kappa shape index (κ3) is 6.29. The number of phenolic OH excluding ortho intramolecular Hbond substituents is 1. The molecule has 7 heteroatoms. The molecule has 1 aromatic rings. The minimum Gasteiger partial charge on any atom is -0.508 e. The van der Waals surface area contributed by atoms with Gasteiger partial charge in [0.2, 0.25) is 5.91 Å². The number of rotatable bonds is 7. The number of nitriles is 1. The molecule has 1 unspecified atom stereocenters. The highest BCUT2D eigenvalue weighted by atomic mass is 16.5. The van der Waals surface area contributed by atoms with Gasteiger partial charge in [-0.1, -0.05) is 0 Å². The van der Waals surface area contributed by atoms with Crippen LogP contribution in [0.15, 0.2) is 24.3 Å². The first-order chi connectivity index (χ1) is 10.0. The average Bonchev–Trinajstić information content (AvgIpc) is 2.46. The van der Waals surface area contributed by atoms with Crippen molar-refractivity contribution in [1.82, 2.24) is 10.6 Å². The first-order valence-electron chi connectivity index (χ1n) is 6.40. The smallest absolute Gasteiger partial charge is 0.260 e. The number of ether oxygens (including phenoxy) is 1. The van der Waals surface area contributed by atoms with Crippen molar-refractivity contribution in [2.24, 2.45) is 0 Å². The number of hydrogen-bond donors (Lipinski definition) is 3. The van der Waals surface area contributed by atoms with Gasteiger partial charge in [-0.15, -0.1) is 0 Å². The van der Waals surface area contributed by atoms with E-state index < -0.39 is 6.10 Å². The predicted molar refractivity (Wildman–Crippen MR) is 74.4 cm³/mol. The molecule has 0 radical (unpaired) electrons. The number of benzene rings is 1. The van der Waals surface area contributed by atoms with E-state index in [0.717, 1.165) is 0 Å². The van der Waals surface area contributed by atoms with Crippen LogP contribution in [0.5, 0.6) is 11.5 Å². The minimum absolute atomic E-state index is 0.118. The molecule has 0 bridgehead atoms. The van der Waals surface area contributed by atoms with Crippen LogP contribution in [0.1, 0.15) is 13.3 Å². The molecule has 0 heterocycles. The van der Waals surface area contributed by atoms with E-state index in [0.29, 0.717) is 5.75 Å². The fourth-order valence-electron chi connectivity index (χ4n) is 1.45. The highest BCUT2D eigenvalue weighted by molar-refractivity contribution is 5.81. The summed E-state index contributed by atoms with van der Waals surface area (Å²) in [6.07, 6.45) is -0.904. The van der Waals surface area contributed by atoms with Crippen molar-refractivity contribution in [1.29, 1.82) is 5.26 Å². The minimum atomic E-state index is -0.704. The van der Waals surface area contributed by atoms with Crippen molar-refractivity contribution >= 4 is 11.8 Å².